The number of nitrogens with one attached hydrogen (secondary N) is 1. The third-order valence-corrected chi connectivity index (χ3v) is 3.95. The molecule has 1 aliphatic rings. The van der Waals surface area contributed by atoms with E-state index in [1.807, 2.05) is 41.3 Å². The van der Waals surface area contributed by atoms with E-state index in [4.69, 9.17) is 0 Å². The number of aryl methyl sites for hydroxylation is 1. The van der Waals surface area contributed by atoms with E-state index in [9.17, 15) is 4.79 Å². The molecular formula is C19H20N2O. The van der Waals surface area contributed by atoms with Crippen LogP contribution in [0.5, 0.6) is 0 Å². The average molecular weight is 292 g/mol. The first kappa shape index (κ1) is 14.4. The summed E-state index contributed by atoms with van der Waals surface area (Å²) in [6.45, 7) is 4.13. The van der Waals surface area contributed by atoms with Gasteiger partial charge in [0.2, 0.25) is 0 Å². The van der Waals surface area contributed by atoms with Crippen LogP contribution in [0.4, 0.5) is 10.5 Å². The van der Waals surface area contributed by atoms with Crippen LogP contribution in [0.15, 0.2) is 54.7 Å². The van der Waals surface area contributed by atoms with Gasteiger partial charge in [-0.2, -0.15) is 0 Å². The lowest BCUT2D eigenvalue weighted by Gasteiger charge is -2.22. The first-order valence-electron chi connectivity index (χ1n) is 7.56. The van der Waals surface area contributed by atoms with Crippen molar-refractivity contribution in [3.63, 3.8) is 0 Å². The lowest BCUT2D eigenvalue weighted by molar-refractivity contribution is 0.248. The van der Waals surface area contributed by atoms with E-state index in [1.165, 1.54) is 11.1 Å². The molecule has 2 amide bonds. The zero-order chi connectivity index (χ0) is 15.5. The molecule has 3 rings (SSSR count). The van der Waals surface area contributed by atoms with Crippen molar-refractivity contribution >= 4 is 17.8 Å². The fraction of sp³-hybridized carbons (Fsp3) is 0.211. The molecule has 0 radical (unpaired) electrons. The zero-order valence-electron chi connectivity index (χ0n) is 12.9. The van der Waals surface area contributed by atoms with Crippen molar-refractivity contribution in [3.05, 3.63) is 71.4 Å². The van der Waals surface area contributed by atoms with Crippen LogP contribution >= 0.6 is 0 Å². The lowest BCUT2D eigenvalue weighted by atomic mass is 10.1. The van der Waals surface area contributed by atoms with Gasteiger partial charge >= 0.3 is 6.03 Å². The minimum absolute atomic E-state index is 0.0821. The van der Waals surface area contributed by atoms with Gasteiger partial charge in [0.15, 0.2) is 0 Å². The number of fused-ring (bicyclic) bond motifs is 1. The summed E-state index contributed by atoms with van der Waals surface area (Å²) < 4.78 is 0. The summed E-state index contributed by atoms with van der Waals surface area (Å²) in [7, 11) is 0. The molecule has 0 aromatic heterocycles. The highest BCUT2D eigenvalue weighted by Crippen LogP contribution is 2.31. The SMILES string of the molecule is Cc1cccc(/C=C/NC(=O)N2c3ccccc3CC2C)c1. The summed E-state index contributed by atoms with van der Waals surface area (Å²) in [4.78, 5) is 14.3. The third kappa shape index (κ3) is 2.89. The molecule has 112 valence electrons. The Labute approximate surface area is 131 Å². The van der Waals surface area contributed by atoms with Gasteiger partial charge in [-0.25, -0.2) is 4.79 Å². The molecule has 1 aliphatic heterocycles. The normalized spacial score (nSPS) is 16.8. The van der Waals surface area contributed by atoms with Crippen molar-refractivity contribution < 1.29 is 4.79 Å². The highest BCUT2D eigenvalue weighted by Gasteiger charge is 2.29. The second-order valence-corrected chi connectivity index (χ2v) is 5.75. The van der Waals surface area contributed by atoms with Gasteiger partial charge in [0, 0.05) is 17.9 Å². The van der Waals surface area contributed by atoms with E-state index in [0.717, 1.165) is 17.7 Å². The Morgan fingerprint density at radius 1 is 1.23 bits per heavy atom. The largest absolute Gasteiger partial charge is 0.326 e. The fourth-order valence-electron chi connectivity index (χ4n) is 2.93. The Balaban J connectivity index is 1.70. The van der Waals surface area contributed by atoms with Crippen molar-refractivity contribution in [3.8, 4) is 0 Å². The summed E-state index contributed by atoms with van der Waals surface area (Å²) in [5.41, 5.74) is 4.52. The van der Waals surface area contributed by atoms with Gasteiger partial charge in [-0.3, -0.25) is 4.90 Å². The second kappa shape index (κ2) is 6.06. The van der Waals surface area contributed by atoms with E-state index >= 15 is 0 Å². The Hall–Kier alpha value is -2.55. The minimum Gasteiger partial charge on any atom is -0.314 e. The number of para-hydroxylation sites is 1. The molecule has 2 aromatic rings. The van der Waals surface area contributed by atoms with E-state index < -0.39 is 0 Å². The van der Waals surface area contributed by atoms with Crippen molar-refractivity contribution in [2.24, 2.45) is 0 Å². The van der Waals surface area contributed by atoms with Crippen LogP contribution in [0.3, 0.4) is 0 Å². The molecule has 2 aromatic carbocycles. The van der Waals surface area contributed by atoms with E-state index in [0.29, 0.717) is 0 Å². The monoisotopic (exact) mass is 292 g/mol. The second-order valence-electron chi connectivity index (χ2n) is 5.75. The average Bonchev–Trinajstić information content (AvgIpc) is 2.83. The Bertz CT molecular complexity index is 721. The maximum atomic E-state index is 12.4. The minimum atomic E-state index is -0.0821. The molecule has 0 saturated carbocycles. The predicted octanol–water partition coefficient (Wildman–Crippen LogP) is 4.13. The Morgan fingerprint density at radius 2 is 2.05 bits per heavy atom. The molecular weight excluding hydrogens is 272 g/mol. The molecule has 1 unspecified atom stereocenters. The van der Waals surface area contributed by atoms with Gasteiger partial charge < -0.3 is 5.32 Å². The fourth-order valence-corrected chi connectivity index (χ4v) is 2.93. The van der Waals surface area contributed by atoms with E-state index in [-0.39, 0.29) is 12.1 Å². The predicted molar refractivity (Wildman–Crippen MR) is 90.8 cm³/mol. The van der Waals surface area contributed by atoms with Gasteiger partial charge in [-0.05, 0) is 43.5 Å². The first-order chi connectivity index (χ1) is 10.6. The Kier molecular flexibility index (Phi) is 3.96. The van der Waals surface area contributed by atoms with Crippen molar-refractivity contribution in [2.75, 3.05) is 4.90 Å². The topological polar surface area (TPSA) is 32.3 Å². The zero-order valence-corrected chi connectivity index (χ0v) is 12.9. The summed E-state index contributed by atoms with van der Waals surface area (Å²) in [5, 5.41) is 2.87. The smallest absolute Gasteiger partial charge is 0.314 e. The van der Waals surface area contributed by atoms with Crippen LogP contribution < -0.4 is 10.2 Å². The number of anilines is 1. The van der Waals surface area contributed by atoms with Gasteiger partial charge in [0.1, 0.15) is 0 Å². The number of rotatable bonds is 2. The number of carbonyl (C=O) groups excluding carboxylic acids is 1. The number of amides is 2. The number of nitrogens with zero attached hydrogens (tertiary/aromatic N) is 1. The first-order valence-corrected chi connectivity index (χ1v) is 7.56. The van der Waals surface area contributed by atoms with Crippen LogP contribution in [0.2, 0.25) is 0 Å². The molecule has 1 heterocycles. The number of carbonyl (C=O) groups is 1. The molecule has 1 atom stereocenters. The number of hydrogen-bond donors (Lipinski definition) is 1. The number of hydrogen-bond acceptors (Lipinski definition) is 1. The molecule has 22 heavy (non-hydrogen) atoms. The van der Waals surface area contributed by atoms with Crippen LogP contribution in [0.25, 0.3) is 6.08 Å². The molecule has 3 nitrogen and oxygen atoms in total. The van der Waals surface area contributed by atoms with Gasteiger partial charge in [-0.1, -0.05) is 48.0 Å². The Morgan fingerprint density at radius 3 is 2.86 bits per heavy atom. The summed E-state index contributed by atoms with van der Waals surface area (Å²) in [6, 6.07) is 16.3. The highest BCUT2D eigenvalue weighted by molar-refractivity contribution is 5.95. The molecule has 0 saturated heterocycles. The quantitative estimate of drug-likeness (QED) is 0.887. The van der Waals surface area contributed by atoms with Crippen LogP contribution in [-0.4, -0.2) is 12.1 Å². The third-order valence-electron chi connectivity index (χ3n) is 3.95. The molecule has 1 N–H and O–H groups in total. The van der Waals surface area contributed by atoms with Crippen molar-refractivity contribution in [1.82, 2.24) is 5.32 Å². The van der Waals surface area contributed by atoms with Crippen LogP contribution in [-0.2, 0) is 6.42 Å². The molecule has 0 aliphatic carbocycles. The van der Waals surface area contributed by atoms with Crippen LogP contribution in [0.1, 0.15) is 23.6 Å². The summed E-state index contributed by atoms with van der Waals surface area (Å²) >= 11 is 0. The summed E-state index contributed by atoms with van der Waals surface area (Å²) in [5.74, 6) is 0. The summed E-state index contributed by atoms with van der Waals surface area (Å²) in [6.07, 6.45) is 4.54. The van der Waals surface area contributed by atoms with Crippen molar-refractivity contribution in [2.45, 2.75) is 26.3 Å². The van der Waals surface area contributed by atoms with Gasteiger partial charge in [-0.15, -0.1) is 0 Å². The maximum absolute atomic E-state index is 12.4. The van der Waals surface area contributed by atoms with Gasteiger partial charge in [0.05, 0.1) is 0 Å². The lowest BCUT2D eigenvalue weighted by Crippen LogP contribution is -2.41. The molecule has 0 bridgehead atoms. The van der Waals surface area contributed by atoms with E-state index in [2.05, 4.69) is 37.4 Å². The highest BCUT2D eigenvalue weighted by atomic mass is 16.2. The number of urea groups is 1. The van der Waals surface area contributed by atoms with Crippen molar-refractivity contribution in [1.29, 1.82) is 0 Å². The standard InChI is InChI=1S/C19H20N2O/c1-14-6-5-7-16(12-14)10-11-20-19(22)21-15(2)13-17-8-3-4-9-18(17)21/h3-12,15H,13H2,1-2H3,(H,20,22)/b11-10+. The van der Waals surface area contributed by atoms with Gasteiger partial charge in [0.25, 0.3) is 0 Å². The van der Waals surface area contributed by atoms with E-state index in [1.54, 1.807) is 6.20 Å². The molecule has 0 fully saturated rings. The van der Waals surface area contributed by atoms with Crippen LogP contribution in [0, 0.1) is 6.92 Å². The number of benzene rings is 2. The molecule has 3 heteroatoms. The maximum Gasteiger partial charge on any atom is 0.326 e. The molecule has 0 spiro atoms.